The second kappa shape index (κ2) is 7.98. The minimum atomic E-state index is -0.288. The number of hydrogen-bond acceptors (Lipinski definition) is 4. The number of ether oxygens (including phenoxy) is 1. The molecule has 6 heteroatoms. The molecular weight excluding hydrogens is 364 g/mol. The van der Waals surface area contributed by atoms with E-state index in [2.05, 4.69) is 10.3 Å². The highest BCUT2D eigenvalue weighted by Crippen LogP contribution is 2.32. The fourth-order valence-corrected chi connectivity index (χ4v) is 3.02. The predicted molar refractivity (Wildman–Crippen MR) is 112 cm³/mol. The first-order chi connectivity index (χ1) is 14.2. The highest BCUT2D eigenvalue weighted by molar-refractivity contribution is 6.08. The number of benzene rings is 2. The first kappa shape index (κ1) is 18.4. The van der Waals surface area contributed by atoms with Gasteiger partial charge < -0.3 is 10.1 Å². The van der Waals surface area contributed by atoms with E-state index >= 15 is 0 Å². The van der Waals surface area contributed by atoms with Gasteiger partial charge in [0.05, 0.1) is 18.4 Å². The maximum absolute atomic E-state index is 13.1. The third kappa shape index (κ3) is 3.87. The Morgan fingerprint density at radius 3 is 2.48 bits per heavy atom. The van der Waals surface area contributed by atoms with E-state index in [0.29, 0.717) is 22.8 Å². The number of aromatic nitrogens is 3. The minimum Gasteiger partial charge on any atom is -0.496 e. The van der Waals surface area contributed by atoms with Crippen LogP contribution in [0.4, 0.5) is 5.82 Å². The maximum atomic E-state index is 13.1. The van der Waals surface area contributed by atoms with Crippen molar-refractivity contribution in [3.8, 4) is 22.7 Å². The molecule has 0 fully saturated rings. The lowest BCUT2D eigenvalue weighted by atomic mass is 10.1. The third-order valence-electron chi connectivity index (χ3n) is 4.49. The van der Waals surface area contributed by atoms with Crippen LogP contribution in [0, 0.1) is 6.92 Å². The molecule has 29 heavy (non-hydrogen) atoms. The van der Waals surface area contributed by atoms with Crippen molar-refractivity contribution in [2.75, 3.05) is 12.4 Å². The number of carbonyl (C=O) groups excluding carboxylic acids is 1. The summed E-state index contributed by atoms with van der Waals surface area (Å²) < 4.78 is 7.18. The van der Waals surface area contributed by atoms with Crippen molar-refractivity contribution in [2.45, 2.75) is 6.92 Å². The van der Waals surface area contributed by atoms with E-state index in [-0.39, 0.29) is 5.91 Å². The van der Waals surface area contributed by atoms with Crippen LogP contribution >= 0.6 is 0 Å². The van der Waals surface area contributed by atoms with E-state index in [1.165, 1.54) is 0 Å². The molecule has 2 heterocycles. The number of hydrogen-bond donors (Lipinski definition) is 1. The van der Waals surface area contributed by atoms with Crippen LogP contribution < -0.4 is 10.1 Å². The van der Waals surface area contributed by atoms with Crippen molar-refractivity contribution in [3.63, 3.8) is 0 Å². The van der Waals surface area contributed by atoms with E-state index in [1.807, 2.05) is 67.6 Å². The van der Waals surface area contributed by atoms with E-state index in [0.717, 1.165) is 16.8 Å². The van der Waals surface area contributed by atoms with Gasteiger partial charge in [0, 0.05) is 18.0 Å². The normalized spacial score (nSPS) is 10.6. The number of carbonyl (C=O) groups is 1. The van der Waals surface area contributed by atoms with Crippen molar-refractivity contribution in [1.29, 1.82) is 0 Å². The Morgan fingerprint density at radius 2 is 1.76 bits per heavy atom. The van der Waals surface area contributed by atoms with Gasteiger partial charge in [0.2, 0.25) is 0 Å². The molecule has 2 aromatic heterocycles. The van der Waals surface area contributed by atoms with E-state index in [9.17, 15) is 4.79 Å². The summed E-state index contributed by atoms with van der Waals surface area (Å²) in [4.78, 5) is 17.4. The number of methoxy groups -OCH3 is 1. The van der Waals surface area contributed by atoms with Gasteiger partial charge in [0.15, 0.2) is 0 Å². The Kier molecular flexibility index (Phi) is 5.07. The summed E-state index contributed by atoms with van der Waals surface area (Å²) >= 11 is 0. The van der Waals surface area contributed by atoms with Crippen LogP contribution in [0.3, 0.4) is 0 Å². The van der Waals surface area contributed by atoms with Gasteiger partial charge in [0.1, 0.15) is 17.3 Å². The van der Waals surface area contributed by atoms with E-state index in [4.69, 9.17) is 9.84 Å². The summed E-state index contributed by atoms with van der Waals surface area (Å²) in [6.07, 6.45) is 3.44. The topological polar surface area (TPSA) is 69.0 Å². The van der Waals surface area contributed by atoms with Crippen LogP contribution in [0.1, 0.15) is 15.9 Å². The third-order valence-corrected chi connectivity index (χ3v) is 4.49. The number of pyridine rings is 1. The number of anilines is 1. The average Bonchev–Trinajstić information content (AvgIpc) is 3.21. The Hall–Kier alpha value is -3.93. The van der Waals surface area contributed by atoms with Crippen LogP contribution in [-0.4, -0.2) is 27.8 Å². The summed E-state index contributed by atoms with van der Waals surface area (Å²) in [6, 6.07) is 20.8. The first-order valence-electron chi connectivity index (χ1n) is 9.18. The highest BCUT2D eigenvalue weighted by Gasteiger charge is 2.21. The summed E-state index contributed by atoms with van der Waals surface area (Å²) in [5, 5.41) is 7.55. The molecule has 0 radical (unpaired) electrons. The Morgan fingerprint density at radius 1 is 1.00 bits per heavy atom. The van der Waals surface area contributed by atoms with Gasteiger partial charge in [-0.3, -0.25) is 4.79 Å². The summed E-state index contributed by atoms with van der Waals surface area (Å²) in [5.74, 6) is 0.844. The maximum Gasteiger partial charge on any atom is 0.260 e. The fraction of sp³-hybridized carbons (Fsp3) is 0.0870. The Bertz CT molecular complexity index is 1140. The van der Waals surface area contributed by atoms with Crippen LogP contribution in [0.5, 0.6) is 5.75 Å². The molecule has 144 valence electrons. The second-order valence-corrected chi connectivity index (χ2v) is 6.55. The van der Waals surface area contributed by atoms with Gasteiger partial charge in [0.25, 0.3) is 5.91 Å². The molecule has 1 N–H and O–H groups in total. The average molecular weight is 384 g/mol. The lowest BCUT2D eigenvalue weighted by Gasteiger charge is -2.08. The Labute approximate surface area is 168 Å². The number of para-hydroxylation sites is 2. The number of amides is 1. The molecule has 0 saturated heterocycles. The van der Waals surface area contributed by atoms with E-state index < -0.39 is 0 Å². The lowest BCUT2D eigenvalue weighted by molar-refractivity contribution is 0.102. The largest absolute Gasteiger partial charge is 0.496 e. The second-order valence-electron chi connectivity index (χ2n) is 6.55. The molecule has 0 bridgehead atoms. The Balaban J connectivity index is 1.79. The first-order valence-corrected chi connectivity index (χ1v) is 9.18. The molecule has 0 aliphatic carbocycles. The van der Waals surface area contributed by atoms with Crippen molar-refractivity contribution in [2.24, 2.45) is 0 Å². The van der Waals surface area contributed by atoms with Crippen LogP contribution in [0.2, 0.25) is 0 Å². The van der Waals surface area contributed by atoms with Crippen LogP contribution in [0.25, 0.3) is 16.9 Å². The van der Waals surface area contributed by atoms with Gasteiger partial charge >= 0.3 is 0 Å². The van der Waals surface area contributed by atoms with Crippen molar-refractivity contribution in [1.82, 2.24) is 14.8 Å². The minimum absolute atomic E-state index is 0.288. The zero-order chi connectivity index (χ0) is 20.2. The summed E-state index contributed by atoms with van der Waals surface area (Å²) in [6.45, 7) is 1.95. The quantitative estimate of drug-likeness (QED) is 0.550. The zero-order valence-corrected chi connectivity index (χ0v) is 16.2. The van der Waals surface area contributed by atoms with Crippen LogP contribution in [0.15, 0.2) is 79.1 Å². The molecule has 1 amide bonds. The van der Waals surface area contributed by atoms with Crippen molar-refractivity contribution in [3.05, 3.63) is 90.3 Å². The molecule has 2 aromatic carbocycles. The van der Waals surface area contributed by atoms with Crippen molar-refractivity contribution < 1.29 is 9.53 Å². The monoisotopic (exact) mass is 384 g/mol. The van der Waals surface area contributed by atoms with Gasteiger partial charge in [-0.15, -0.1) is 0 Å². The molecular formula is C23H20N4O2. The van der Waals surface area contributed by atoms with Gasteiger partial charge in [-0.2, -0.15) is 5.10 Å². The fourth-order valence-electron chi connectivity index (χ4n) is 3.02. The number of rotatable bonds is 5. The smallest absolute Gasteiger partial charge is 0.260 e. The molecule has 0 saturated carbocycles. The van der Waals surface area contributed by atoms with Gasteiger partial charge in [-0.1, -0.05) is 36.4 Å². The molecule has 6 nitrogen and oxygen atoms in total. The standard InChI is InChI=1S/C23H20N4O2/c1-16-12-13-21(24-14-16)25-23(28)19-15-27(17-8-4-3-5-9-17)26-22(19)18-10-6-7-11-20(18)29-2/h3-15H,1-2H3,(H,24,25,28). The zero-order valence-electron chi connectivity index (χ0n) is 16.2. The number of nitrogens with zero attached hydrogens (tertiary/aromatic N) is 3. The summed E-state index contributed by atoms with van der Waals surface area (Å²) in [5.41, 5.74) is 3.59. The predicted octanol–water partition coefficient (Wildman–Crippen LogP) is 4.50. The molecule has 4 rings (SSSR count). The molecule has 0 aliphatic heterocycles. The number of nitrogens with one attached hydrogen (secondary N) is 1. The van der Waals surface area contributed by atoms with Crippen molar-refractivity contribution >= 4 is 11.7 Å². The van der Waals surface area contributed by atoms with Gasteiger partial charge in [-0.05, 0) is 42.8 Å². The molecule has 0 unspecified atom stereocenters. The molecule has 0 atom stereocenters. The molecule has 0 spiro atoms. The summed E-state index contributed by atoms with van der Waals surface area (Å²) in [7, 11) is 1.60. The highest BCUT2D eigenvalue weighted by atomic mass is 16.5. The molecule has 4 aromatic rings. The van der Waals surface area contributed by atoms with Gasteiger partial charge in [-0.25, -0.2) is 9.67 Å². The lowest BCUT2D eigenvalue weighted by Crippen LogP contribution is -2.13. The van der Waals surface area contributed by atoms with Crippen LogP contribution in [-0.2, 0) is 0 Å². The SMILES string of the molecule is COc1ccccc1-c1nn(-c2ccccc2)cc1C(=O)Nc1ccc(C)cn1. The van der Waals surface area contributed by atoms with E-state index in [1.54, 1.807) is 30.3 Å². The molecule has 0 aliphatic rings. The number of aryl methyl sites for hydroxylation is 1.